The smallest absolute Gasteiger partial charge is 0.143 e. The number of hydrogen-bond donors (Lipinski definition) is 2. The monoisotopic (exact) mass is 240 g/mol. The van der Waals surface area contributed by atoms with E-state index in [2.05, 4.69) is 11.4 Å². The summed E-state index contributed by atoms with van der Waals surface area (Å²) in [5.74, 6) is 0.671. The number of nitriles is 1. The first-order valence-electron chi connectivity index (χ1n) is 5.38. The maximum absolute atomic E-state index is 9.71. The number of phenolic OH excluding ortho intramolecular Hbond substituents is 1. The van der Waals surface area contributed by atoms with Crippen molar-refractivity contribution in [1.82, 2.24) is 0 Å². The molecule has 0 atom stereocenters. The lowest BCUT2D eigenvalue weighted by Gasteiger charge is -2.13. The molecule has 2 rings (SSSR count). The largest absolute Gasteiger partial charge is 0.506 e. The molecule has 0 unspecified atom stereocenters. The molecule has 0 heterocycles. The van der Waals surface area contributed by atoms with E-state index in [0.717, 1.165) is 0 Å². The number of para-hydroxylation sites is 3. The molecule has 2 aromatic carbocycles. The Bertz CT molecular complexity index is 603. The fourth-order valence-corrected chi connectivity index (χ4v) is 1.64. The summed E-state index contributed by atoms with van der Waals surface area (Å²) < 4.78 is 5.20. The van der Waals surface area contributed by atoms with E-state index in [4.69, 9.17) is 10.00 Å². The van der Waals surface area contributed by atoms with Crippen molar-refractivity contribution in [3.05, 3.63) is 48.0 Å². The van der Waals surface area contributed by atoms with Crippen LogP contribution in [0.15, 0.2) is 42.5 Å². The Labute approximate surface area is 105 Å². The molecule has 0 spiro atoms. The number of nitrogens with zero attached hydrogens (tertiary/aromatic N) is 1. The molecule has 0 aromatic heterocycles. The van der Waals surface area contributed by atoms with E-state index in [1.54, 1.807) is 42.5 Å². The molecule has 2 aromatic rings. The fourth-order valence-electron chi connectivity index (χ4n) is 1.64. The van der Waals surface area contributed by atoms with E-state index < -0.39 is 0 Å². The summed E-state index contributed by atoms with van der Waals surface area (Å²) in [4.78, 5) is 0. The highest BCUT2D eigenvalue weighted by Crippen LogP contribution is 2.33. The molecule has 4 nitrogen and oxygen atoms in total. The van der Waals surface area contributed by atoms with Gasteiger partial charge in [-0.25, -0.2) is 0 Å². The number of ether oxygens (including phenoxy) is 1. The predicted molar refractivity (Wildman–Crippen MR) is 69.1 cm³/mol. The van der Waals surface area contributed by atoms with Gasteiger partial charge in [0.15, 0.2) is 0 Å². The second-order valence-electron chi connectivity index (χ2n) is 3.64. The average molecular weight is 240 g/mol. The van der Waals surface area contributed by atoms with Crippen molar-refractivity contribution in [1.29, 1.82) is 5.26 Å². The number of hydrogen-bond acceptors (Lipinski definition) is 4. The number of phenols is 1. The summed E-state index contributed by atoms with van der Waals surface area (Å²) in [5, 5.41) is 21.8. The van der Waals surface area contributed by atoms with Crippen LogP contribution in [0.4, 0.5) is 11.4 Å². The molecule has 0 aliphatic rings. The number of nitrogens with one attached hydrogen (secondary N) is 1. The number of aromatic hydroxyl groups is 1. The molecule has 0 saturated carbocycles. The maximum Gasteiger partial charge on any atom is 0.143 e. The van der Waals surface area contributed by atoms with Crippen LogP contribution >= 0.6 is 0 Å². The van der Waals surface area contributed by atoms with Crippen LogP contribution in [0.1, 0.15) is 5.56 Å². The van der Waals surface area contributed by atoms with Crippen molar-refractivity contribution in [2.45, 2.75) is 0 Å². The van der Waals surface area contributed by atoms with Crippen LogP contribution in [-0.4, -0.2) is 12.2 Å². The minimum atomic E-state index is 0.118. The van der Waals surface area contributed by atoms with Gasteiger partial charge in [0, 0.05) is 0 Å². The maximum atomic E-state index is 9.71. The van der Waals surface area contributed by atoms with Gasteiger partial charge in [-0.15, -0.1) is 0 Å². The first-order chi connectivity index (χ1) is 8.76. The molecule has 90 valence electrons. The van der Waals surface area contributed by atoms with Crippen LogP contribution in [0.2, 0.25) is 0 Å². The molecule has 4 heteroatoms. The predicted octanol–water partition coefficient (Wildman–Crippen LogP) is 3.02. The van der Waals surface area contributed by atoms with Crippen LogP contribution in [-0.2, 0) is 0 Å². The van der Waals surface area contributed by atoms with Crippen LogP contribution in [0.3, 0.4) is 0 Å². The van der Waals surface area contributed by atoms with E-state index in [1.165, 1.54) is 7.11 Å². The summed E-state index contributed by atoms with van der Waals surface area (Å²) >= 11 is 0. The van der Waals surface area contributed by atoms with Gasteiger partial charge in [0.05, 0.1) is 24.0 Å². The van der Waals surface area contributed by atoms with Crippen molar-refractivity contribution < 1.29 is 9.84 Å². The molecule has 0 saturated heterocycles. The molecule has 0 fully saturated rings. The van der Waals surface area contributed by atoms with Crippen molar-refractivity contribution in [3.8, 4) is 17.6 Å². The van der Waals surface area contributed by atoms with Gasteiger partial charge in [0.1, 0.15) is 17.6 Å². The zero-order valence-electron chi connectivity index (χ0n) is 9.84. The Hall–Kier alpha value is -2.67. The molecule has 0 radical (unpaired) electrons. The third-order valence-electron chi connectivity index (χ3n) is 2.53. The van der Waals surface area contributed by atoms with E-state index in [1.807, 2.05) is 0 Å². The first kappa shape index (κ1) is 11.8. The Morgan fingerprint density at radius 3 is 2.61 bits per heavy atom. The zero-order chi connectivity index (χ0) is 13.0. The molecular formula is C14H12N2O2. The van der Waals surface area contributed by atoms with Crippen molar-refractivity contribution in [3.63, 3.8) is 0 Å². The second kappa shape index (κ2) is 5.11. The van der Waals surface area contributed by atoms with Gasteiger partial charge in [0.25, 0.3) is 0 Å². The summed E-state index contributed by atoms with van der Waals surface area (Å²) in [6.07, 6.45) is 0. The first-order valence-corrected chi connectivity index (χ1v) is 5.38. The third kappa shape index (κ3) is 2.20. The Morgan fingerprint density at radius 2 is 1.94 bits per heavy atom. The lowest BCUT2D eigenvalue weighted by Crippen LogP contribution is -1.97. The molecular weight excluding hydrogens is 228 g/mol. The minimum Gasteiger partial charge on any atom is -0.506 e. The summed E-state index contributed by atoms with van der Waals surface area (Å²) in [7, 11) is 1.53. The van der Waals surface area contributed by atoms with Gasteiger partial charge < -0.3 is 15.2 Å². The van der Waals surface area contributed by atoms with Crippen LogP contribution in [0.25, 0.3) is 0 Å². The number of benzene rings is 2. The molecule has 18 heavy (non-hydrogen) atoms. The minimum absolute atomic E-state index is 0.118. The number of methoxy groups -OCH3 is 1. The number of rotatable bonds is 3. The lowest BCUT2D eigenvalue weighted by atomic mass is 10.1. The van der Waals surface area contributed by atoms with Crippen LogP contribution in [0, 0.1) is 11.3 Å². The Morgan fingerprint density at radius 1 is 1.17 bits per heavy atom. The molecule has 0 amide bonds. The highest BCUT2D eigenvalue weighted by molar-refractivity contribution is 5.75. The second-order valence-corrected chi connectivity index (χ2v) is 3.64. The van der Waals surface area contributed by atoms with Crippen LogP contribution in [0.5, 0.6) is 11.5 Å². The molecule has 0 aliphatic heterocycles. The van der Waals surface area contributed by atoms with E-state index in [-0.39, 0.29) is 5.75 Å². The van der Waals surface area contributed by atoms with Crippen molar-refractivity contribution in [2.75, 3.05) is 12.4 Å². The highest BCUT2D eigenvalue weighted by Gasteiger charge is 2.10. The standard InChI is InChI=1S/C14H12N2O2/c1-18-13-8-4-5-10(9-15)14(13)16-11-6-2-3-7-12(11)17/h2-8,16-17H,1H3. The van der Waals surface area contributed by atoms with E-state index in [9.17, 15) is 5.11 Å². The SMILES string of the molecule is COc1cccc(C#N)c1Nc1ccccc1O. The van der Waals surface area contributed by atoms with E-state index >= 15 is 0 Å². The zero-order valence-corrected chi connectivity index (χ0v) is 9.84. The van der Waals surface area contributed by atoms with Gasteiger partial charge in [-0.05, 0) is 24.3 Å². The Balaban J connectivity index is 2.46. The quantitative estimate of drug-likeness (QED) is 0.809. The van der Waals surface area contributed by atoms with Crippen molar-refractivity contribution in [2.24, 2.45) is 0 Å². The highest BCUT2D eigenvalue weighted by atomic mass is 16.5. The van der Waals surface area contributed by atoms with Crippen LogP contribution < -0.4 is 10.1 Å². The molecule has 0 aliphatic carbocycles. The molecule has 2 N–H and O–H groups in total. The topological polar surface area (TPSA) is 65.3 Å². The molecule has 0 bridgehead atoms. The summed E-state index contributed by atoms with van der Waals surface area (Å²) in [5.41, 5.74) is 1.53. The summed E-state index contributed by atoms with van der Waals surface area (Å²) in [6.45, 7) is 0. The van der Waals surface area contributed by atoms with E-state index in [0.29, 0.717) is 22.7 Å². The lowest BCUT2D eigenvalue weighted by molar-refractivity contribution is 0.416. The Kier molecular flexibility index (Phi) is 3.35. The number of anilines is 2. The van der Waals surface area contributed by atoms with Gasteiger partial charge >= 0.3 is 0 Å². The average Bonchev–Trinajstić information content (AvgIpc) is 2.41. The van der Waals surface area contributed by atoms with Gasteiger partial charge in [0.2, 0.25) is 0 Å². The third-order valence-corrected chi connectivity index (χ3v) is 2.53. The van der Waals surface area contributed by atoms with Crippen molar-refractivity contribution >= 4 is 11.4 Å². The summed E-state index contributed by atoms with van der Waals surface area (Å²) in [6, 6.07) is 14.1. The van der Waals surface area contributed by atoms with Gasteiger partial charge in [-0.2, -0.15) is 5.26 Å². The fraction of sp³-hybridized carbons (Fsp3) is 0.0714. The van der Waals surface area contributed by atoms with Gasteiger partial charge in [-0.1, -0.05) is 18.2 Å². The van der Waals surface area contributed by atoms with Gasteiger partial charge in [-0.3, -0.25) is 0 Å². The normalized spacial score (nSPS) is 9.56.